The Balaban J connectivity index is 1.56. The number of alkyl halides is 2. The first-order chi connectivity index (χ1) is 11.1. The zero-order valence-corrected chi connectivity index (χ0v) is 14.6. The average Bonchev–Trinajstić information content (AvgIpc) is 2.58. The van der Waals surface area contributed by atoms with Crippen LogP contribution in [0.15, 0.2) is 11.6 Å². The van der Waals surface area contributed by atoms with Crippen molar-refractivity contribution >= 4 is 0 Å². The van der Waals surface area contributed by atoms with E-state index in [4.69, 9.17) is 4.74 Å². The molecule has 23 heavy (non-hydrogen) atoms. The zero-order valence-electron chi connectivity index (χ0n) is 14.6. The molecule has 0 spiro atoms. The molecule has 3 rings (SSSR count). The monoisotopic (exact) mass is 326 g/mol. The third kappa shape index (κ3) is 3.81. The Labute approximate surface area is 139 Å². The van der Waals surface area contributed by atoms with Crippen molar-refractivity contribution in [2.75, 3.05) is 7.11 Å². The van der Waals surface area contributed by atoms with E-state index in [1.807, 2.05) is 0 Å². The van der Waals surface area contributed by atoms with E-state index in [2.05, 4.69) is 13.0 Å². The molecule has 0 aromatic carbocycles. The first kappa shape index (κ1) is 17.4. The molecule has 1 nitrogen and oxygen atoms in total. The van der Waals surface area contributed by atoms with Gasteiger partial charge in [0.2, 0.25) is 0 Å². The summed E-state index contributed by atoms with van der Waals surface area (Å²) in [4.78, 5) is 0. The molecular weight excluding hydrogens is 294 g/mol. The van der Waals surface area contributed by atoms with Gasteiger partial charge in [-0.1, -0.05) is 31.4 Å². The first-order valence-corrected chi connectivity index (χ1v) is 9.60. The van der Waals surface area contributed by atoms with Crippen LogP contribution < -0.4 is 0 Å². The van der Waals surface area contributed by atoms with Crippen LogP contribution in [0.5, 0.6) is 0 Å². The van der Waals surface area contributed by atoms with Crippen LogP contribution in [0, 0.1) is 23.7 Å². The Kier molecular flexibility index (Phi) is 5.77. The summed E-state index contributed by atoms with van der Waals surface area (Å²) < 4.78 is 33.7. The van der Waals surface area contributed by atoms with Crippen LogP contribution in [0.4, 0.5) is 8.78 Å². The van der Waals surface area contributed by atoms with Gasteiger partial charge < -0.3 is 4.74 Å². The van der Waals surface area contributed by atoms with Crippen molar-refractivity contribution < 1.29 is 13.5 Å². The Bertz CT molecular complexity index is 414. The molecule has 0 heterocycles. The summed E-state index contributed by atoms with van der Waals surface area (Å²) in [6.45, 7) is 2.36. The van der Waals surface area contributed by atoms with Gasteiger partial charge >= 0.3 is 0 Å². The molecule has 0 bridgehead atoms. The molecule has 3 heteroatoms. The maximum Gasteiger partial charge on any atom is 0.158 e. The SMILES string of the molecule is COC1CCC(C2=CC[C@H](C3CCC(C)CC3)CC2)C(F)C1F. The van der Waals surface area contributed by atoms with E-state index in [9.17, 15) is 8.78 Å². The topological polar surface area (TPSA) is 9.23 Å². The summed E-state index contributed by atoms with van der Waals surface area (Å²) in [6, 6.07) is 0. The molecule has 2 saturated carbocycles. The summed E-state index contributed by atoms with van der Waals surface area (Å²) in [5.74, 6) is 2.33. The molecule has 2 fully saturated rings. The number of allylic oxidation sites excluding steroid dienone is 2. The maximum atomic E-state index is 14.5. The zero-order chi connectivity index (χ0) is 16.4. The van der Waals surface area contributed by atoms with Crippen molar-refractivity contribution in [3.63, 3.8) is 0 Å². The molecule has 4 unspecified atom stereocenters. The Hall–Kier alpha value is -0.440. The summed E-state index contributed by atoms with van der Waals surface area (Å²) >= 11 is 0. The highest BCUT2D eigenvalue weighted by Gasteiger charge is 2.42. The lowest BCUT2D eigenvalue weighted by Crippen LogP contribution is -2.43. The van der Waals surface area contributed by atoms with Gasteiger partial charge in [0, 0.05) is 13.0 Å². The predicted octanol–water partition coefficient (Wildman–Crippen LogP) is 5.64. The van der Waals surface area contributed by atoms with E-state index in [1.54, 1.807) is 0 Å². The third-order valence-electron chi connectivity index (χ3n) is 6.80. The standard InChI is InChI=1S/C20H32F2O/c1-13-3-5-14(6-4-13)15-7-9-16(10-8-15)17-11-12-18(23-2)20(22)19(17)21/h9,13-15,17-20H,3-8,10-12H2,1-2H3/t13?,14?,15-,17?,18?,19?,20?/m0/s1. The number of methoxy groups -OCH3 is 1. The fourth-order valence-electron chi connectivity index (χ4n) is 5.12. The number of hydrogen-bond donors (Lipinski definition) is 0. The highest BCUT2D eigenvalue weighted by atomic mass is 19.2. The van der Waals surface area contributed by atoms with Gasteiger partial charge in [-0.2, -0.15) is 0 Å². The average molecular weight is 326 g/mol. The molecule has 0 aliphatic heterocycles. The van der Waals surface area contributed by atoms with Gasteiger partial charge in [0.25, 0.3) is 0 Å². The van der Waals surface area contributed by atoms with Crippen molar-refractivity contribution in [2.24, 2.45) is 23.7 Å². The Morgan fingerprint density at radius 2 is 1.65 bits per heavy atom. The molecule has 0 saturated heterocycles. The van der Waals surface area contributed by atoms with E-state index in [1.165, 1.54) is 44.8 Å². The maximum absolute atomic E-state index is 14.5. The lowest BCUT2D eigenvalue weighted by atomic mass is 9.69. The predicted molar refractivity (Wildman–Crippen MR) is 89.9 cm³/mol. The van der Waals surface area contributed by atoms with Gasteiger partial charge in [-0.3, -0.25) is 0 Å². The first-order valence-electron chi connectivity index (χ1n) is 9.60. The van der Waals surface area contributed by atoms with Gasteiger partial charge in [0.05, 0.1) is 6.10 Å². The van der Waals surface area contributed by atoms with Crippen LogP contribution in [0.25, 0.3) is 0 Å². The van der Waals surface area contributed by atoms with Gasteiger partial charge in [0.15, 0.2) is 6.17 Å². The van der Waals surface area contributed by atoms with Gasteiger partial charge in [-0.25, -0.2) is 8.78 Å². The van der Waals surface area contributed by atoms with Crippen LogP contribution in [0.2, 0.25) is 0 Å². The van der Waals surface area contributed by atoms with E-state index < -0.39 is 18.4 Å². The van der Waals surface area contributed by atoms with Crippen molar-refractivity contribution in [3.05, 3.63) is 11.6 Å². The molecule has 0 aromatic rings. The van der Waals surface area contributed by atoms with Crippen LogP contribution in [0.3, 0.4) is 0 Å². The number of ether oxygens (including phenoxy) is 1. The second-order valence-electron chi connectivity index (χ2n) is 8.18. The molecule has 0 N–H and O–H groups in total. The van der Waals surface area contributed by atoms with Gasteiger partial charge in [-0.15, -0.1) is 0 Å². The van der Waals surface area contributed by atoms with Crippen LogP contribution >= 0.6 is 0 Å². The number of rotatable bonds is 3. The van der Waals surface area contributed by atoms with Gasteiger partial charge in [0.1, 0.15) is 6.17 Å². The molecule has 5 atom stereocenters. The number of halogens is 2. The largest absolute Gasteiger partial charge is 0.378 e. The van der Waals surface area contributed by atoms with Crippen molar-refractivity contribution in [1.82, 2.24) is 0 Å². The van der Waals surface area contributed by atoms with Crippen molar-refractivity contribution in [1.29, 1.82) is 0 Å². The second-order valence-corrected chi connectivity index (χ2v) is 8.18. The quantitative estimate of drug-likeness (QED) is 0.610. The van der Waals surface area contributed by atoms with E-state index >= 15 is 0 Å². The lowest BCUT2D eigenvalue weighted by molar-refractivity contribution is -0.0498. The van der Waals surface area contributed by atoms with E-state index in [-0.39, 0.29) is 5.92 Å². The lowest BCUT2D eigenvalue weighted by Gasteiger charge is -2.39. The molecular formula is C20H32F2O. The summed E-state index contributed by atoms with van der Waals surface area (Å²) in [5, 5.41) is 0. The minimum Gasteiger partial charge on any atom is -0.378 e. The van der Waals surface area contributed by atoms with E-state index in [0.717, 1.165) is 37.0 Å². The fourth-order valence-corrected chi connectivity index (χ4v) is 5.12. The molecule has 0 amide bonds. The van der Waals surface area contributed by atoms with Crippen LogP contribution in [-0.4, -0.2) is 25.6 Å². The highest BCUT2D eigenvalue weighted by molar-refractivity contribution is 5.15. The molecule has 0 radical (unpaired) electrons. The molecule has 3 aliphatic rings. The smallest absolute Gasteiger partial charge is 0.158 e. The van der Waals surface area contributed by atoms with Crippen molar-refractivity contribution in [3.8, 4) is 0 Å². The summed E-state index contributed by atoms with van der Waals surface area (Å²) in [7, 11) is 1.49. The fraction of sp³-hybridized carbons (Fsp3) is 0.900. The Morgan fingerprint density at radius 3 is 2.26 bits per heavy atom. The van der Waals surface area contributed by atoms with Crippen molar-refractivity contribution in [2.45, 2.75) is 83.2 Å². The van der Waals surface area contributed by atoms with Crippen LogP contribution in [0.1, 0.15) is 64.7 Å². The van der Waals surface area contributed by atoms with Crippen LogP contribution in [-0.2, 0) is 4.74 Å². The molecule has 3 aliphatic carbocycles. The van der Waals surface area contributed by atoms with Gasteiger partial charge in [-0.05, 0) is 62.7 Å². The number of hydrogen-bond acceptors (Lipinski definition) is 1. The molecule has 0 aromatic heterocycles. The summed E-state index contributed by atoms with van der Waals surface area (Å²) in [5.41, 5.74) is 1.19. The summed E-state index contributed by atoms with van der Waals surface area (Å²) in [6.07, 6.45) is 8.96. The normalized spacial score (nSPS) is 45.6. The molecule has 132 valence electrons. The second kappa shape index (κ2) is 7.63. The minimum atomic E-state index is -1.46. The Morgan fingerprint density at radius 1 is 0.913 bits per heavy atom. The van der Waals surface area contributed by atoms with E-state index in [0.29, 0.717) is 6.42 Å². The minimum absolute atomic E-state index is 0.205. The highest BCUT2D eigenvalue weighted by Crippen LogP contribution is 2.43. The third-order valence-corrected chi connectivity index (χ3v) is 6.80.